The number of carboxylic acids is 1. The average molecular weight is 317 g/mol. The topological polar surface area (TPSA) is 108 Å². The van der Waals surface area contributed by atoms with Crippen molar-refractivity contribution in [3.05, 3.63) is 35.5 Å². The Labute approximate surface area is 134 Å². The molecular weight excluding hydrogens is 298 g/mol. The van der Waals surface area contributed by atoms with E-state index in [-0.39, 0.29) is 17.2 Å². The van der Waals surface area contributed by atoms with Gasteiger partial charge in [0.15, 0.2) is 0 Å². The van der Waals surface area contributed by atoms with Crippen LogP contribution in [0.3, 0.4) is 0 Å². The molecule has 23 heavy (non-hydrogen) atoms. The van der Waals surface area contributed by atoms with Gasteiger partial charge in [-0.15, -0.1) is 0 Å². The molecule has 0 amide bonds. The normalized spacial score (nSPS) is 10.5. The molecule has 1 heterocycles. The van der Waals surface area contributed by atoms with Crippen LogP contribution in [0.15, 0.2) is 24.3 Å². The number of aryl methyl sites for hydroxylation is 1. The Hall–Kier alpha value is -2.67. The van der Waals surface area contributed by atoms with Gasteiger partial charge in [0.25, 0.3) is 0 Å². The number of hydrogen-bond donors (Lipinski definition) is 2. The highest BCUT2D eigenvalue weighted by Gasteiger charge is 2.19. The molecule has 2 aromatic rings. The second-order valence-corrected chi connectivity index (χ2v) is 4.77. The van der Waals surface area contributed by atoms with Gasteiger partial charge in [0.2, 0.25) is 5.95 Å². The smallest absolute Gasteiger partial charge is 0.339 e. The maximum atomic E-state index is 11.5. The van der Waals surface area contributed by atoms with Gasteiger partial charge in [-0.2, -0.15) is 0 Å². The minimum absolute atomic E-state index is 0.0326. The highest BCUT2D eigenvalue weighted by molar-refractivity contribution is 5.96. The van der Waals surface area contributed by atoms with Crippen LogP contribution in [0.5, 0.6) is 5.75 Å². The Morgan fingerprint density at radius 1 is 1.30 bits per heavy atom. The Bertz CT molecular complexity index is 704. The summed E-state index contributed by atoms with van der Waals surface area (Å²) >= 11 is 0. The van der Waals surface area contributed by atoms with Gasteiger partial charge >= 0.3 is 5.97 Å². The van der Waals surface area contributed by atoms with Gasteiger partial charge < -0.3 is 20.3 Å². The molecule has 3 N–H and O–H groups in total. The summed E-state index contributed by atoms with van der Waals surface area (Å²) in [5.41, 5.74) is 6.89. The highest BCUT2D eigenvalue weighted by Crippen LogP contribution is 2.27. The number of hydrogen-bond acceptors (Lipinski definition) is 6. The van der Waals surface area contributed by atoms with Crippen molar-refractivity contribution >= 4 is 11.9 Å². The molecule has 0 saturated heterocycles. The van der Waals surface area contributed by atoms with E-state index in [0.717, 1.165) is 0 Å². The summed E-state index contributed by atoms with van der Waals surface area (Å²) in [6.07, 6.45) is 0. The van der Waals surface area contributed by atoms with E-state index in [4.69, 9.17) is 15.2 Å². The van der Waals surface area contributed by atoms with Crippen molar-refractivity contribution in [1.29, 1.82) is 0 Å². The number of nitrogens with zero attached hydrogens (tertiary/aromatic N) is 2. The first-order valence-corrected chi connectivity index (χ1v) is 7.21. The highest BCUT2D eigenvalue weighted by atomic mass is 16.5. The number of carbonyl (C=O) groups is 1. The first-order chi connectivity index (χ1) is 11.0. The molecule has 0 atom stereocenters. The molecule has 122 valence electrons. The second kappa shape index (κ2) is 7.55. The van der Waals surface area contributed by atoms with Crippen LogP contribution in [0.1, 0.15) is 23.0 Å². The van der Waals surface area contributed by atoms with Crippen molar-refractivity contribution in [3.63, 3.8) is 0 Å². The van der Waals surface area contributed by atoms with Crippen LogP contribution < -0.4 is 10.5 Å². The molecule has 0 fully saturated rings. The van der Waals surface area contributed by atoms with E-state index < -0.39 is 5.97 Å². The Morgan fingerprint density at radius 2 is 2.09 bits per heavy atom. The van der Waals surface area contributed by atoms with E-state index in [1.807, 2.05) is 6.92 Å². The molecular formula is C16H19N3O4. The van der Waals surface area contributed by atoms with Gasteiger partial charge in [-0.25, -0.2) is 14.8 Å². The third-order valence-corrected chi connectivity index (χ3v) is 3.13. The fourth-order valence-corrected chi connectivity index (χ4v) is 2.16. The largest absolute Gasteiger partial charge is 0.491 e. The molecule has 0 bridgehead atoms. The number of nitrogens with two attached hydrogens (primary N) is 1. The number of nitrogen functional groups attached to an aromatic ring is 1. The van der Waals surface area contributed by atoms with E-state index in [1.54, 1.807) is 31.2 Å². The zero-order valence-corrected chi connectivity index (χ0v) is 13.1. The fraction of sp³-hybridized carbons (Fsp3) is 0.312. The molecule has 1 aromatic heterocycles. The Balaban J connectivity index is 2.33. The zero-order valence-electron chi connectivity index (χ0n) is 13.1. The minimum Gasteiger partial charge on any atom is -0.491 e. The van der Waals surface area contributed by atoms with Crippen molar-refractivity contribution in [2.24, 2.45) is 0 Å². The molecule has 0 aliphatic rings. The number of aromatic nitrogens is 2. The van der Waals surface area contributed by atoms with Crippen molar-refractivity contribution in [3.8, 4) is 17.0 Å². The summed E-state index contributed by atoms with van der Waals surface area (Å²) in [5, 5.41) is 9.40. The number of benzene rings is 1. The van der Waals surface area contributed by atoms with Crippen molar-refractivity contribution in [2.75, 3.05) is 25.6 Å². The minimum atomic E-state index is -1.10. The maximum absolute atomic E-state index is 11.5. The summed E-state index contributed by atoms with van der Waals surface area (Å²) in [5.74, 6) is -0.460. The van der Waals surface area contributed by atoms with Crippen LogP contribution in [-0.4, -0.2) is 40.9 Å². The molecule has 0 unspecified atom stereocenters. The summed E-state index contributed by atoms with van der Waals surface area (Å²) in [6.45, 7) is 5.03. The van der Waals surface area contributed by atoms with Gasteiger partial charge in [-0.1, -0.05) is 12.1 Å². The summed E-state index contributed by atoms with van der Waals surface area (Å²) in [6, 6.07) is 7.03. The van der Waals surface area contributed by atoms with Crippen molar-refractivity contribution < 1.29 is 19.4 Å². The fourth-order valence-electron chi connectivity index (χ4n) is 2.16. The monoisotopic (exact) mass is 317 g/mol. The van der Waals surface area contributed by atoms with Crippen molar-refractivity contribution in [2.45, 2.75) is 13.8 Å². The van der Waals surface area contributed by atoms with Gasteiger partial charge in [0, 0.05) is 12.2 Å². The van der Waals surface area contributed by atoms with Crippen LogP contribution in [0, 0.1) is 6.92 Å². The maximum Gasteiger partial charge on any atom is 0.339 e. The summed E-state index contributed by atoms with van der Waals surface area (Å²) in [7, 11) is 0. The van der Waals surface area contributed by atoms with Gasteiger partial charge in [-0.05, 0) is 26.0 Å². The molecule has 7 nitrogen and oxygen atoms in total. The van der Waals surface area contributed by atoms with Crippen LogP contribution >= 0.6 is 0 Å². The second-order valence-electron chi connectivity index (χ2n) is 4.77. The Kier molecular flexibility index (Phi) is 5.48. The predicted octanol–water partition coefficient (Wildman–Crippen LogP) is 2.15. The van der Waals surface area contributed by atoms with Crippen molar-refractivity contribution in [1.82, 2.24) is 9.97 Å². The number of aromatic carboxylic acids is 1. The zero-order chi connectivity index (χ0) is 16.8. The SMILES string of the molecule is CCOCCOc1cccc(-c2nc(N)nc(C)c2C(=O)O)c1. The molecule has 7 heteroatoms. The first-order valence-electron chi connectivity index (χ1n) is 7.21. The first kappa shape index (κ1) is 16.7. The van der Waals surface area contributed by atoms with E-state index >= 15 is 0 Å². The van der Waals surface area contributed by atoms with E-state index in [9.17, 15) is 9.90 Å². The number of ether oxygens (including phenoxy) is 2. The van der Waals surface area contributed by atoms with Crippen LogP contribution in [0.25, 0.3) is 11.3 Å². The van der Waals surface area contributed by atoms with E-state index in [0.29, 0.717) is 36.8 Å². The molecule has 1 aromatic carbocycles. The van der Waals surface area contributed by atoms with Gasteiger partial charge in [0.1, 0.15) is 17.9 Å². The lowest BCUT2D eigenvalue weighted by atomic mass is 10.0. The molecule has 0 saturated carbocycles. The average Bonchev–Trinajstić information content (AvgIpc) is 2.50. The van der Waals surface area contributed by atoms with Crippen LogP contribution in [-0.2, 0) is 4.74 Å². The lowest BCUT2D eigenvalue weighted by Gasteiger charge is -2.11. The number of carboxylic acid groups (broad SMARTS) is 1. The van der Waals surface area contributed by atoms with Gasteiger partial charge in [0.05, 0.1) is 18.0 Å². The quantitative estimate of drug-likeness (QED) is 0.753. The lowest BCUT2D eigenvalue weighted by Crippen LogP contribution is -2.10. The molecule has 0 spiro atoms. The summed E-state index contributed by atoms with van der Waals surface area (Å²) < 4.78 is 10.8. The van der Waals surface area contributed by atoms with E-state index in [2.05, 4.69) is 9.97 Å². The third kappa shape index (κ3) is 4.17. The molecule has 0 aliphatic carbocycles. The van der Waals surface area contributed by atoms with E-state index in [1.165, 1.54) is 0 Å². The number of anilines is 1. The van der Waals surface area contributed by atoms with Crippen LogP contribution in [0.2, 0.25) is 0 Å². The molecule has 0 aliphatic heterocycles. The molecule has 0 radical (unpaired) electrons. The molecule has 2 rings (SSSR count). The number of rotatable bonds is 7. The summed E-state index contributed by atoms with van der Waals surface area (Å²) in [4.78, 5) is 19.5. The Morgan fingerprint density at radius 3 is 2.78 bits per heavy atom. The van der Waals surface area contributed by atoms with Gasteiger partial charge in [-0.3, -0.25) is 0 Å². The predicted molar refractivity (Wildman–Crippen MR) is 85.6 cm³/mol. The third-order valence-electron chi connectivity index (χ3n) is 3.13. The standard InChI is InChI=1S/C16H19N3O4/c1-3-22-7-8-23-12-6-4-5-11(9-12)14-13(15(20)21)10(2)18-16(17)19-14/h4-6,9H,3,7-8H2,1-2H3,(H,20,21)(H2,17,18,19). The van der Waals surface area contributed by atoms with Crippen LogP contribution in [0.4, 0.5) is 5.95 Å². The lowest BCUT2D eigenvalue weighted by molar-refractivity contribution is 0.0696.